The lowest BCUT2D eigenvalue weighted by Crippen LogP contribution is -1.95. The Kier molecular flexibility index (Phi) is 2.68. The van der Waals surface area contributed by atoms with E-state index in [2.05, 4.69) is 4.31 Å². The Hall–Kier alpha value is 0.0800. The van der Waals surface area contributed by atoms with E-state index in [1.54, 1.807) is 0 Å². The third-order valence-electron chi connectivity index (χ3n) is 1.35. The molecule has 0 aromatic heterocycles. The van der Waals surface area contributed by atoms with Crippen molar-refractivity contribution in [3.63, 3.8) is 0 Å². The molecule has 11 heavy (non-hydrogen) atoms. The molecule has 0 fully saturated rings. The van der Waals surface area contributed by atoms with Gasteiger partial charge in [-0.3, -0.25) is 9.13 Å². The highest BCUT2D eigenvalue weighted by molar-refractivity contribution is 7.63. The van der Waals surface area contributed by atoms with Crippen LogP contribution in [0, 0.1) is 0 Å². The van der Waals surface area contributed by atoms with Gasteiger partial charge in [0.05, 0.1) is 0 Å². The van der Waals surface area contributed by atoms with E-state index < -0.39 is 15.9 Å². The SMILES string of the molecule is O=[PH](O)OP(=O)(O)C1=CCC1. The van der Waals surface area contributed by atoms with Gasteiger partial charge >= 0.3 is 15.9 Å². The Morgan fingerprint density at radius 3 is 2.55 bits per heavy atom. The fraction of sp³-hybridized carbons (Fsp3) is 0.500. The average Bonchev–Trinajstić information content (AvgIpc) is 1.50. The fourth-order valence-electron chi connectivity index (χ4n) is 0.695. The summed E-state index contributed by atoms with van der Waals surface area (Å²) in [7, 11) is -7.23. The highest BCUT2D eigenvalue weighted by Crippen LogP contribution is 2.60. The summed E-state index contributed by atoms with van der Waals surface area (Å²) in [6.45, 7) is 0. The van der Waals surface area contributed by atoms with Gasteiger partial charge in [-0.05, 0) is 12.8 Å². The van der Waals surface area contributed by atoms with Crippen molar-refractivity contribution in [2.24, 2.45) is 0 Å². The second-order valence-electron chi connectivity index (χ2n) is 2.11. The second-order valence-corrected chi connectivity index (χ2v) is 4.99. The van der Waals surface area contributed by atoms with Crippen LogP contribution in [0.4, 0.5) is 0 Å². The Morgan fingerprint density at radius 1 is 1.73 bits per heavy atom. The van der Waals surface area contributed by atoms with Gasteiger partial charge in [-0.25, -0.2) is 4.31 Å². The third kappa shape index (κ3) is 2.26. The summed E-state index contributed by atoms with van der Waals surface area (Å²) in [5.41, 5.74) is 0. The zero-order valence-electron chi connectivity index (χ0n) is 5.56. The van der Waals surface area contributed by atoms with E-state index in [9.17, 15) is 9.13 Å². The van der Waals surface area contributed by atoms with Gasteiger partial charge in [0.2, 0.25) is 0 Å². The monoisotopic (exact) mass is 198 g/mol. The standard InChI is InChI=1S/C4H8O5P2/c5-10(6)9-11(7,8)4-2-1-3-4/h2,10H,1,3H2,(H,5,6)(H,7,8). The van der Waals surface area contributed by atoms with Crippen molar-refractivity contribution in [2.75, 3.05) is 0 Å². The van der Waals surface area contributed by atoms with Gasteiger partial charge in [0, 0.05) is 5.31 Å². The van der Waals surface area contributed by atoms with Crippen molar-refractivity contribution < 1.29 is 23.2 Å². The molecule has 0 radical (unpaired) electrons. The lowest BCUT2D eigenvalue weighted by atomic mass is 10.1. The van der Waals surface area contributed by atoms with Gasteiger partial charge in [0.15, 0.2) is 0 Å². The summed E-state index contributed by atoms with van der Waals surface area (Å²) >= 11 is 0. The van der Waals surface area contributed by atoms with Crippen molar-refractivity contribution in [1.29, 1.82) is 0 Å². The van der Waals surface area contributed by atoms with E-state index in [1.165, 1.54) is 6.08 Å². The molecule has 0 saturated heterocycles. The molecule has 0 amide bonds. The molecule has 0 aromatic rings. The van der Waals surface area contributed by atoms with E-state index in [4.69, 9.17) is 9.79 Å². The minimum absolute atomic E-state index is 0.241. The van der Waals surface area contributed by atoms with Crippen LogP contribution in [0.2, 0.25) is 0 Å². The molecular formula is C4H8O5P2. The molecule has 7 heteroatoms. The molecule has 2 N–H and O–H groups in total. The first-order chi connectivity index (χ1) is 5.02. The second kappa shape index (κ2) is 3.21. The van der Waals surface area contributed by atoms with Crippen LogP contribution in [0.3, 0.4) is 0 Å². The van der Waals surface area contributed by atoms with Gasteiger partial charge in [-0.15, -0.1) is 0 Å². The number of hydrogen-bond donors (Lipinski definition) is 2. The number of rotatable bonds is 3. The van der Waals surface area contributed by atoms with E-state index in [-0.39, 0.29) is 5.31 Å². The van der Waals surface area contributed by atoms with Crippen LogP contribution >= 0.6 is 15.9 Å². The van der Waals surface area contributed by atoms with Gasteiger partial charge < -0.3 is 9.79 Å². The van der Waals surface area contributed by atoms with Crippen molar-refractivity contribution in [3.05, 3.63) is 11.4 Å². The minimum atomic E-state index is -3.91. The molecule has 5 nitrogen and oxygen atoms in total. The minimum Gasteiger partial charge on any atom is -0.326 e. The van der Waals surface area contributed by atoms with E-state index >= 15 is 0 Å². The zero-order chi connectivity index (χ0) is 8.48. The zero-order valence-corrected chi connectivity index (χ0v) is 7.45. The maximum Gasteiger partial charge on any atom is 0.361 e. The molecule has 0 aromatic carbocycles. The molecule has 0 saturated carbocycles. The molecule has 2 unspecified atom stereocenters. The topological polar surface area (TPSA) is 83.8 Å². The van der Waals surface area contributed by atoms with Crippen LogP contribution in [-0.2, 0) is 13.4 Å². The normalized spacial score (nSPS) is 24.7. The number of hydrogen-bond acceptors (Lipinski definition) is 3. The summed E-state index contributed by atoms with van der Waals surface area (Å²) in [4.78, 5) is 17.2. The van der Waals surface area contributed by atoms with Gasteiger partial charge in [0.25, 0.3) is 0 Å². The first kappa shape index (κ1) is 9.17. The van der Waals surface area contributed by atoms with Crippen molar-refractivity contribution in [3.8, 4) is 0 Å². The first-order valence-corrected chi connectivity index (χ1v) is 5.81. The van der Waals surface area contributed by atoms with Crippen LogP contribution < -0.4 is 0 Å². The summed E-state index contributed by atoms with van der Waals surface area (Å²) < 4.78 is 25.0. The van der Waals surface area contributed by atoms with E-state index in [1.807, 2.05) is 0 Å². The molecule has 0 heterocycles. The lowest BCUT2D eigenvalue weighted by Gasteiger charge is -2.18. The summed E-state index contributed by atoms with van der Waals surface area (Å²) in [6, 6.07) is 0. The Labute approximate surface area is 64.2 Å². The molecule has 0 aliphatic heterocycles. The average molecular weight is 198 g/mol. The summed E-state index contributed by atoms with van der Waals surface area (Å²) in [6.07, 6.45) is 2.74. The maximum atomic E-state index is 10.9. The van der Waals surface area contributed by atoms with Crippen molar-refractivity contribution in [2.45, 2.75) is 12.8 Å². The summed E-state index contributed by atoms with van der Waals surface area (Å²) in [5.74, 6) is 0. The van der Waals surface area contributed by atoms with Gasteiger partial charge in [0.1, 0.15) is 0 Å². The van der Waals surface area contributed by atoms with Crippen LogP contribution in [-0.4, -0.2) is 9.79 Å². The maximum absolute atomic E-state index is 10.9. The van der Waals surface area contributed by atoms with Gasteiger partial charge in [-0.2, -0.15) is 0 Å². The predicted molar refractivity (Wildman–Crippen MR) is 39.4 cm³/mol. The molecular weight excluding hydrogens is 190 g/mol. The highest BCUT2D eigenvalue weighted by atomic mass is 31.2. The largest absolute Gasteiger partial charge is 0.361 e. The molecule has 0 spiro atoms. The van der Waals surface area contributed by atoms with E-state index in [0.717, 1.165) is 6.42 Å². The summed E-state index contributed by atoms with van der Waals surface area (Å²) in [5, 5.41) is 0.241. The van der Waals surface area contributed by atoms with Crippen LogP contribution in [0.15, 0.2) is 11.4 Å². The highest BCUT2D eigenvalue weighted by Gasteiger charge is 2.30. The quantitative estimate of drug-likeness (QED) is 0.666. The molecule has 0 bridgehead atoms. The van der Waals surface area contributed by atoms with Crippen molar-refractivity contribution in [1.82, 2.24) is 0 Å². The van der Waals surface area contributed by atoms with Crippen LogP contribution in [0.25, 0.3) is 0 Å². The van der Waals surface area contributed by atoms with E-state index in [0.29, 0.717) is 6.42 Å². The number of allylic oxidation sites excluding steroid dienone is 2. The fourth-order valence-corrected chi connectivity index (χ4v) is 2.78. The van der Waals surface area contributed by atoms with Crippen LogP contribution in [0.5, 0.6) is 0 Å². The predicted octanol–water partition coefficient (Wildman–Crippen LogP) is 1.25. The molecule has 2 atom stereocenters. The molecule has 1 rings (SSSR count). The lowest BCUT2D eigenvalue weighted by molar-refractivity contribution is 0.354. The third-order valence-corrected chi connectivity index (χ3v) is 4.09. The van der Waals surface area contributed by atoms with Crippen LogP contribution in [0.1, 0.15) is 12.8 Å². The molecule has 64 valence electrons. The Morgan fingerprint density at radius 2 is 2.27 bits per heavy atom. The smallest absolute Gasteiger partial charge is 0.326 e. The Bertz CT molecular complexity index is 257. The van der Waals surface area contributed by atoms with Gasteiger partial charge in [-0.1, -0.05) is 6.08 Å². The molecule has 1 aliphatic rings. The van der Waals surface area contributed by atoms with Crippen molar-refractivity contribution >= 4 is 15.9 Å². The molecule has 1 aliphatic carbocycles. The Balaban J connectivity index is 2.66. The first-order valence-electron chi connectivity index (χ1n) is 2.97.